The second kappa shape index (κ2) is 9.80. The highest BCUT2D eigenvalue weighted by atomic mass is 16.5. The molecule has 4 aromatic rings. The van der Waals surface area contributed by atoms with Gasteiger partial charge in [-0.2, -0.15) is 0 Å². The van der Waals surface area contributed by atoms with E-state index in [2.05, 4.69) is 28.1 Å². The summed E-state index contributed by atoms with van der Waals surface area (Å²) >= 11 is 0. The first-order valence-electron chi connectivity index (χ1n) is 11.9. The van der Waals surface area contributed by atoms with Crippen LogP contribution in [0.15, 0.2) is 66.7 Å². The lowest BCUT2D eigenvalue weighted by Gasteiger charge is -2.34. The van der Waals surface area contributed by atoms with Crippen LogP contribution in [-0.4, -0.2) is 78.4 Å². The molecule has 2 heterocycles. The molecule has 0 bridgehead atoms. The number of para-hydroxylation sites is 1. The highest BCUT2D eigenvalue weighted by Crippen LogP contribution is 2.22. The minimum atomic E-state index is 0.0122. The van der Waals surface area contributed by atoms with E-state index in [1.165, 1.54) is 0 Å². The highest BCUT2D eigenvalue weighted by molar-refractivity contribution is 5.98. The van der Waals surface area contributed by atoms with Gasteiger partial charge in [-0.25, -0.2) is 0 Å². The Balaban J connectivity index is 1.13. The number of H-pyrrole nitrogens is 1. The summed E-state index contributed by atoms with van der Waals surface area (Å²) in [5, 5.41) is 3.27. The van der Waals surface area contributed by atoms with Crippen LogP contribution in [0.1, 0.15) is 16.1 Å². The molecule has 1 aromatic heterocycles. The molecule has 0 spiro atoms. The first-order valence-corrected chi connectivity index (χ1v) is 11.9. The molecular weight excluding hydrogens is 440 g/mol. The van der Waals surface area contributed by atoms with Gasteiger partial charge in [0, 0.05) is 50.7 Å². The molecule has 1 aliphatic heterocycles. The zero-order valence-corrected chi connectivity index (χ0v) is 20.2. The second-order valence-corrected chi connectivity index (χ2v) is 9.14. The molecule has 7 heteroatoms. The Hall–Kier alpha value is -3.84. The molecule has 180 valence electrons. The summed E-state index contributed by atoms with van der Waals surface area (Å²) in [6.45, 7) is 3.50. The van der Waals surface area contributed by atoms with Crippen molar-refractivity contribution in [3.8, 4) is 5.75 Å². The van der Waals surface area contributed by atoms with E-state index < -0.39 is 0 Å². The summed E-state index contributed by atoms with van der Waals surface area (Å²) in [5.74, 6) is 0.925. The van der Waals surface area contributed by atoms with E-state index in [0.29, 0.717) is 45.0 Å². The average molecular weight is 471 g/mol. The number of piperazine rings is 1. The third-order valence-electron chi connectivity index (χ3n) is 6.74. The SMILES string of the molecule is COc1ccc2cc(CN(C)C(=O)CN3CCN(C(=O)c4cc5ccccc5[nH]4)CC3)ccc2c1. The molecule has 0 unspecified atom stereocenters. The zero-order chi connectivity index (χ0) is 24.4. The fraction of sp³-hybridized carbons (Fsp3) is 0.286. The van der Waals surface area contributed by atoms with E-state index in [0.717, 1.165) is 33.0 Å². The lowest BCUT2D eigenvalue weighted by molar-refractivity contribution is -0.132. The van der Waals surface area contributed by atoms with Crippen LogP contribution >= 0.6 is 0 Å². The summed E-state index contributed by atoms with van der Waals surface area (Å²) in [4.78, 5) is 34.8. The molecule has 1 fully saturated rings. The third-order valence-corrected chi connectivity index (χ3v) is 6.74. The Labute approximate surface area is 204 Å². The van der Waals surface area contributed by atoms with Crippen molar-refractivity contribution in [3.05, 3.63) is 78.0 Å². The maximum absolute atomic E-state index is 12.9. The Morgan fingerprint density at radius 1 is 0.914 bits per heavy atom. The maximum Gasteiger partial charge on any atom is 0.270 e. The minimum absolute atomic E-state index is 0.0122. The summed E-state index contributed by atoms with van der Waals surface area (Å²) in [6, 6.07) is 22.0. The molecular formula is C28H30N4O3. The van der Waals surface area contributed by atoms with E-state index in [1.54, 1.807) is 12.0 Å². The van der Waals surface area contributed by atoms with E-state index in [4.69, 9.17) is 4.74 Å². The van der Waals surface area contributed by atoms with Gasteiger partial charge in [-0.1, -0.05) is 36.4 Å². The van der Waals surface area contributed by atoms with Crippen LogP contribution in [-0.2, 0) is 11.3 Å². The Kier molecular flexibility index (Phi) is 6.42. The van der Waals surface area contributed by atoms with Crippen molar-refractivity contribution in [2.45, 2.75) is 6.54 Å². The lowest BCUT2D eigenvalue weighted by Crippen LogP contribution is -2.51. The number of likely N-dealkylation sites (N-methyl/N-ethyl adjacent to an activating group) is 1. The van der Waals surface area contributed by atoms with Crippen molar-refractivity contribution in [3.63, 3.8) is 0 Å². The van der Waals surface area contributed by atoms with Gasteiger partial charge in [0.25, 0.3) is 5.91 Å². The fourth-order valence-electron chi connectivity index (χ4n) is 4.64. The van der Waals surface area contributed by atoms with Crippen molar-refractivity contribution >= 4 is 33.5 Å². The molecule has 1 saturated heterocycles. The van der Waals surface area contributed by atoms with Crippen molar-refractivity contribution in [2.24, 2.45) is 0 Å². The zero-order valence-electron chi connectivity index (χ0n) is 20.2. The number of ether oxygens (including phenoxy) is 1. The number of rotatable bonds is 6. The number of nitrogens with one attached hydrogen (secondary N) is 1. The highest BCUT2D eigenvalue weighted by Gasteiger charge is 2.25. The predicted molar refractivity (Wildman–Crippen MR) is 138 cm³/mol. The van der Waals surface area contributed by atoms with Crippen molar-refractivity contribution in [1.29, 1.82) is 0 Å². The standard InChI is InChI=1S/C28H30N4O3/c1-30(18-20-7-8-22-16-24(35-2)10-9-21(22)15-20)27(33)19-31-11-13-32(14-12-31)28(34)26-17-23-5-3-4-6-25(23)29-26/h3-10,15-17,29H,11-14,18-19H2,1-2H3. The van der Waals surface area contributed by atoms with Crippen molar-refractivity contribution in [2.75, 3.05) is 46.9 Å². The minimum Gasteiger partial charge on any atom is -0.497 e. The van der Waals surface area contributed by atoms with Crippen LogP contribution in [0, 0.1) is 0 Å². The average Bonchev–Trinajstić information content (AvgIpc) is 3.33. The van der Waals surface area contributed by atoms with Gasteiger partial charge in [0.05, 0.1) is 13.7 Å². The number of hydrogen-bond acceptors (Lipinski definition) is 4. The number of aromatic amines is 1. The maximum atomic E-state index is 12.9. The smallest absolute Gasteiger partial charge is 0.270 e. The Morgan fingerprint density at radius 3 is 2.43 bits per heavy atom. The van der Waals surface area contributed by atoms with Gasteiger partial charge < -0.3 is 19.5 Å². The van der Waals surface area contributed by atoms with Gasteiger partial charge in [-0.3, -0.25) is 14.5 Å². The molecule has 1 N–H and O–H groups in total. The van der Waals surface area contributed by atoms with E-state index in [-0.39, 0.29) is 11.8 Å². The number of methoxy groups -OCH3 is 1. The van der Waals surface area contributed by atoms with Crippen LogP contribution < -0.4 is 4.74 Å². The molecule has 0 saturated carbocycles. The van der Waals surface area contributed by atoms with Crippen molar-refractivity contribution < 1.29 is 14.3 Å². The number of aromatic nitrogens is 1. The monoisotopic (exact) mass is 470 g/mol. The number of carbonyl (C=O) groups excluding carboxylic acids is 2. The van der Waals surface area contributed by atoms with E-state index in [1.807, 2.05) is 60.5 Å². The van der Waals surface area contributed by atoms with Gasteiger partial charge in [-0.05, 0) is 46.7 Å². The first-order chi connectivity index (χ1) is 17.0. The Morgan fingerprint density at radius 2 is 1.66 bits per heavy atom. The molecule has 1 aliphatic rings. The molecule has 3 aromatic carbocycles. The number of hydrogen-bond donors (Lipinski definition) is 1. The largest absolute Gasteiger partial charge is 0.497 e. The number of amides is 2. The van der Waals surface area contributed by atoms with E-state index >= 15 is 0 Å². The molecule has 35 heavy (non-hydrogen) atoms. The second-order valence-electron chi connectivity index (χ2n) is 9.14. The van der Waals surface area contributed by atoms with E-state index in [9.17, 15) is 9.59 Å². The van der Waals surface area contributed by atoms with Crippen LogP contribution in [0.3, 0.4) is 0 Å². The number of nitrogens with zero attached hydrogens (tertiary/aromatic N) is 3. The molecule has 0 aliphatic carbocycles. The molecule has 7 nitrogen and oxygen atoms in total. The molecule has 5 rings (SSSR count). The van der Waals surface area contributed by atoms with Gasteiger partial charge in [0.2, 0.25) is 5.91 Å². The summed E-state index contributed by atoms with van der Waals surface area (Å²) in [6.07, 6.45) is 0. The fourth-order valence-corrected chi connectivity index (χ4v) is 4.64. The van der Waals surface area contributed by atoms with Gasteiger partial charge in [-0.15, -0.1) is 0 Å². The molecule has 0 radical (unpaired) electrons. The third kappa shape index (κ3) is 5.00. The first kappa shape index (κ1) is 22.9. The van der Waals surface area contributed by atoms with Crippen LogP contribution in [0.5, 0.6) is 5.75 Å². The quantitative estimate of drug-likeness (QED) is 0.466. The normalized spacial score (nSPS) is 14.4. The molecule has 2 amide bonds. The summed E-state index contributed by atoms with van der Waals surface area (Å²) in [5.41, 5.74) is 2.67. The topological polar surface area (TPSA) is 68.9 Å². The van der Waals surface area contributed by atoms with Crippen LogP contribution in [0.4, 0.5) is 0 Å². The van der Waals surface area contributed by atoms with Crippen LogP contribution in [0.2, 0.25) is 0 Å². The van der Waals surface area contributed by atoms with Crippen molar-refractivity contribution in [1.82, 2.24) is 19.7 Å². The molecule has 0 atom stereocenters. The van der Waals surface area contributed by atoms with Gasteiger partial charge in [0.15, 0.2) is 0 Å². The lowest BCUT2D eigenvalue weighted by atomic mass is 10.1. The van der Waals surface area contributed by atoms with Gasteiger partial charge in [0.1, 0.15) is 11.4 Å². The number of carbonyl (C=O) groups is 2. The Bertz CT molecular complexity index is 1340. The summed E-state index contributed by atoms with van der Waals surface area (Å²) < 4.78 is 5.29. The summed E-state index contributed by atoms with van der Waals surface area (Å²) in [7, 11) is 3.51. The predicted octanol–water partition coefficient (Wildman–Crippen LogP) is 3.75. The van der Waals surface area contributed by atoms with Crippen LogP contribution in [0.25, 0.3) is 21.7 Å². The number of fused-ring (bicyclic) bond motifs is 2. The van der Waals surface area contributed by atoms with Gasteiger partial charge >= 0.3 is 0 Å². The number of benzene rings is 3.